The second-order valence-corrected chi connectivity index (χ2v) is 5.06. The number of aromatic nitrogens is 4. The second-order valence-electron chi connectivity index (χ2n) is 5.06. The maximum absolute atomic E-state index is 4.19. The molecule has 3 rings (SSSR count). The van der Waals surface area contributed by atoms with Crippen LogP contribution in [0.3, 0.4) is 0 Å². The minimum absolute atomic E-state index is 0.572. The summed E-state index contributed by atoms with van der Waals surface area (Å²) in [4.78, 5) is 0. The van der Waals surface area contributed by atoms with Gasteiger partial charge in [0, 0.05) is 0 Å². The van der Waals surface area contributed by atoms with Crippen molar-refractivity contribution >= 4 is 0 Å². The van der Waals surface area contributed by atoms with E-state index >= 15 is 0 Å². The smallest absolute Gasteiger partial charge is 0.165 e. The number of rotatable bonds is 4. The molecule has 3 unspecified atom stereocenters. The van der Waals surface area contributed by atoms with Gasteiger partial charge in [-0.2, -0.15) is 0 Å². The number of tetrazole rings is 1. The summed E-state index contributed by atoms with van der Waals surface area (Å²) in [7, 11) is 0. The van der Waals surface area contributed by atoms with Crippen LogP contribution in [0.5, 0.6) is 0 Å². The topological polar surface area (TPSA) is 55.6 Å². The van der Waals surface area contributed by atoms with Gasteiger partial charge in [-0.1, -0.05) is 13.3 Å². The highest BCUT2D eigenvalue weighted by atomic mass is 15.6. The van der Waals surface area contributed by atoms with Crippen molar-refractivity contribution in [1.82, 2.24) is 25.5 Å². The monoisotopic (exact) mass is 221 g/mol. The van der Waals surface area contributed by atoms with E-state index in [0.29, 0.717) is 6.04 Å². The van der Waals surface area contributed by atoms with Crippen LogP contribution in [0.25, 0.3) is 0 Å². The minimum Gasteiger partial charge on any atom is -0.310 e. The quantitative estimate of drug-likeness (QED) is 0.828. The molecule has 1 aromatic heterocycles. The van der Waals surface area contributed by atoms with E-state index in [0.717, 1.165) is 30.7 Å². The van der Waals surface area contributed by atoms with E-state index in [9.17, 15) is 0 Å². The molecule has 2 bridgehead atoms. The van der Waals surface area contributed by atoms with Crippen molar-refractivity contribution in [1.29, 1.82) is 0 Å². The molecule has 1 heterocycles. The summed E-state index contributed by atoms with van der Waals surface area (Å²) >= 11 is 0. The van der Waals surface area contributed by atoms with Gasteiger partial charge in [0.15, 0.2) is 5.82 Å². The number of hydrogen-bond donors (Lipinski definition) is 1. The Morgan fingerprint density at radius 2 is 2.31 bits per heavy atom. The SMILES string of the molecule is CCNCc1nnnn1C1CC2CCC1C2. The van der Waals surface area contributed by atoms with Crippen LogP contribution in [0.4, 0.5) is 0 Å². The van der Waals surface area contributed by atoms with Crippen LogP contribution in [0.1, 0.15) is 44.5 Å². The van der Waals surface area contributed by atoms with Gasteiger partial charge in [-0.15, -0.1) is 5.10 Å². The lowest BCUT2D eigenvalue weighted by atomic mass is 9.95. The summed E-state index contributed by atoms with van der Waals surface area (Å²) in [6, 6.07) is 0.572. The van der Waals surface area contributed by atoms with E-state index in [1.54, 1.807) is 0 Å². The average molecular weight is 221 g/mol. The predicted octanol–water partition coefficient (Wildman–Crippen LogP) is 1.14. The molecule has 0 radical (unpaired) electrons. The number of hydrogen-bond acceptors (Lipinski definition) is 4. The molecular formula is C11H19N5. The molecule has 0 aromatic carbocycles. The van der Waals surface area contributed by atoms with E-state index < -0.39 is 0 Å². The van der Waals surface area contributed by atoms with Gasteiger partial charge in [-0.3, -0.25) is 0 Å². The third-order valence-electron chi connectivity index (χ3n) is 4.11. The molecule has 5 nitrogen and oxygen atoms in total. The molecule has 3 atom stereocenters. The Morgan fingerprint density at radius 1 is 1.38 bits per heavy atom. The van der Waals surface area contributed by atoms with Crippen molar-refractivity contribution in [3.8, 4) is 0 Å². The van der Waals surface area contributed by atoms with Crippen LogP contribution in [-0.2, 0) is 6.54 Å². The van der Waals surface area contributed by atoms with Crippen molar-refractivity contribution in [2.24, 2.45) is 11.8 Å². The summed E-state index contributed by atoms with van der Waals surface area (Å²) in [5.74, 6) is 2.76. The molecular weight excluding hydrogens is 202 g/mol. The van der Waals surface area contributed by atoms with E-state index in [4.69, 9.17) is 0 Å². The summed E-state index contributed by atoms with van der Waals surface area (Å²) in [6.45, 7) is 3.85. The number of nitrogens with zero attached hydrogens (tertiary/aromatic N) is 4. The van der Waals surface area contributed by atoms with Crippen LogP contribution in [0.2, 0.25) is 0 Å². The van der Waals surface area contributed by atoms with Crippen molar-refractivity contribution in [3.05, 3.63) is 5.82 Å². The molecule has 1 aromatic rings. The number of fused-ring (bicyclic) bond motifs is 2. The first-order chi connectivity index (χ1) is 7.88. The highest BCUT2D eigenvalue weighted by molar-refractivity contribution is 4.96. The van der Waals surface area contributed by atoms with E-state index in [-0.39, 0.29) is 0 Å². The van der Waals surface area contributed by atoms with E-state index in [1.165, 1.54) is 25.7 Å². The first-order valence-corrected chi connectivity index (χ1v) is 6.36. The molecule has 88 valence electrons. The Bertz CT molecular complexity index is 361. The van der Waals surface area contributed by atoms with Gasteiger partial charge in [-0.25, -0.2) is 4.68 Å². The highest BCUT2D eigenvalue weighted by Crippen LogP contribution is 2.50. The molecule has 0 aliphatic heterocycles. The molecule has 2 fully saturated rings. The minimum atomic E-state index is 0.572. The van der Waals surface area contributed by atoms with Gasteiger partial charge in [0.2, 0.25) is 0 Å². The molecule has 5 heteroatoms. The highest BCUT2D eigenvalue weighted by Gasteiger charge is 2.41. The molecule has 0 amide bonds. The zero-order valence-corrected chi connectivity index (χ0v) is 9.76. The maximum Gasteiger partial charge on any atom is 0.165 e. The fourth-order valence-corrected chi connectivity index (χ4v) is 3.33. The zero-order chi connectivity index (χ0) is 11.0. The van der Waals surface area contributed by atoms with Crippen LogP contribution in [0.15, 0.2) is 0 Å². The molecule has 2 aliphatic carbocycles. The Balaban J connectivity index is 1.76. The normalized spacial score (nSPS) is 32.4. The van der Waals surface area contributed by atoms with Crippen molar-refractivity contribution in [2.45, 2.75) is 45.2 Å². The molecule has 0 spiro atoms. The first-order valence-electron chi connectivity index (χ1n) is 6.36. The van der Waals surface area contributed by atoms with E-state index in [2.05, 4.69) is 32.4 Å². The van der Waals surface area contributed by atoms with Crippen molar-refractivity contribution in [3.63, 3.8) is 0 Å². The summed E-state index contributed by atoms with van der Waals surface area (Å²) in [5, 5.41) is 15.4. The lowest BCUT2D eigenvalue weighted by molar-refractivity contribution is 0.293. The van der Waals surface area contributed by atoms with Gasteiger partial charge in [-0.05, 0) is 48.1 Å². The fraction of sp³-hybridized carbons (Fsp3) is 0.909. The summed E-state index contributed by atoms with van der Waals surface area (Å²) in [5.41, 5.74) is 0. The maximum atomic E-state index is 4.19. The summed E-state index contributed by atoms with van der Waals surface area (Å²) < 4.78 is 2.08. The van der Waals surface area contributed by atoms with Crippen LogP contribution >= 0.6 is 0 Å². The largest absolute Gasteiger partial charge is 0.310 e. The predicted molar refractivity (Wildman–Crippen MR) is 59.7 cm³/mol. The lowest BCUT2D eigenvalue weighted by Gasteiger charge is -2.22. The van der Waals surface area contributed by atoms with Crippen LogP contribution in [-0.4, -0.2) is 26.8 Å². The van der Waals surface area contributed by atoms with E-state index in [1.807, 2.05) is 0 Å². The molecule has 2 aliphatic rings. The Hall–Kier alpha value is -0.970. The van der Waals surface area contributed by atoms with Crippen molar-refractivity contribution < 1.29 is 0 Å². The Labute approximate surface area is 95.6 Å². The van der Waals surface area contributed by atoms with Crippen LogP contribution < -0.4 is 5.32 Å². The Morgan fingerprint density at radius 3 is 3.00 bits per heavy atom. The van der Waals surface area contributed by atoms with Gasteiger partial charge < -0.3 is 5.32 Å². The molecule has 0 saturated heterocycles. The average Bonchev–Trinajstić information content (AvgIpc) is 3.01. The molecule has 2 saturated carbocycles. The zero-order valence-electron chi connectivity index (χ0n) is 9.76. The van der Waals surface area contributed by atoms with Gasteiger partial charge in [0.1, 0.15) is 0 Å². The summed E-state index contributed by atoms with van der Waals surface area (Å²) in [6.07, 6.45) is 5.47. The first kappa shape index (κ1) is 10.2. The van der Waals surface area contributed by atoms with Crippen LogP contribution in [0, 0.1) is 11.8 Å². The standard InChI is InChI=1S/C11H19N5/c1-2-12-7-11-13-14-15-16(11)10-6-8-3-4-9(10)5-8/h8-10,12H,2-7H2,1H3. The van der Waals surface area contributed by atoms with Gasteiger partial charge in [0.25, 0.3) is 0 Å². The van der Waals surface area contributed by atoms with Gasteiger partial charge in [0.05, 0.1) is 12.6 Å². The Kier molecular flexibility index (Phi) is 2.63. The third-order valence-corrected chi connectivity index (χ3v) is 4.11. The van der Waals surface area contributed by atoms with Crippen molar-refractivity contribution in [2.75, 3.05) is 6.54 Å². The molecule has 1 N–H and O–H groups in total. The van der Waals surface area contributed by atoms with Gasteiger partial charge >= 0.3 is 0 Å². The second kappa shape index (κ2) is 4.13. The molecule has 16 heavy (non-hydrogen) atoms. The number of nitrogens with one attached hydrogen (secondary N) is 1. The third kappa shape index (κ3) is 1.63. The fourth-order valence-electron chi connectivity index (χ4n) is 3.33. The lowest BCUT2D eigenvalue weighted by Crippen LogP contribution is -2.23.